The molecule has 1 aliphatic carbocycles. The molecular formula is C57H63FN6O13. The van der Waals surface area contributed by atoms with Gasteiger partial charge in [-0.05, 0) is 80.7 Å². The van der Waals surface area contributed by atoms with E-state index in [0.29, 0.717) is 71.1 Å². The van der Waals surface area contributed by atoms with Gasteiger partial charge in [-0.15, -0.1) is 0 Å². The molecule has 19 nitrogen and oxygen atoms in total. The SMILES string of the molecule is CC[C@@]1(O)C(=O)OCc2c1cc1n(c2=O)Cc2c-1nc1cc(F)c(C)c3c1c2[C@@H](N(C)C(=O)[C@H](C)OCCC(=O)CNC(=O)[C@@H](CC(=O)CNC(=O)CCC(=O)CCCCCN1C(=O)C=CC1=O)Cc1ccccc1)CC3. The standard InChI is InChI=1S/C57H63FN6O13/c1-5-57(75)42-26-46-52-40(30-64(46)55(73)41(42)31-77-56(57)74)51-45(17-16-39-32(2)43(58)27-44(61-52)50(39)51)62(4)54(72)33(3)76-23-21-37(66)28-60-53(71)35(24-34-12-8-6-9-13-34)25-38(67)29-59-47(68)18-15-36(65)14-10-7-11-22-63-48(69)19-20-49(63)70/h6,8-9,12-13,19-20,26-27,33,35,45,75H,5,7,10-11,14-18,21-25,28-31H2,1-4H3,(H,59,68)(H,60,71)/t33-,35+,45-,57-/m0/s1. The molecule has 4 atom stereocenters. The third-order valence-corrected chi connectivity index (χ3v) is 15.2. The Morgan fingerprint density at radius 3 is 2.36 bits per heavy atom. The Hall–Kier alpha value is -7.58. The zero-order chi connectivity index (χ0) is 55.3. The molecule has 0 fully saturated rings. The molecule has 0 saturated heterocycles. The molecule has 3 N–H and O–H groups in total. The smallest absolute Gasteiger partial charge is 0.343 e. The Morgan fingerprint density at radius 1 is 0.909 bits per heavy atom. The number of carbonyl (C=O) groups is 9. The van der Waals surface area contributed by atoms with Crippen molar-refractivity contribution in [3.63, 3.8) is 0 Å². The lowest BCUT2D eigenvalue weighted by Gasteiger charge is -2.36. The van der Waals surface area contributed by atoms with Gasteiger partial charge in [0.05, 0.1) is 54.8 Å². The number of ketones is 3. The van der Waals surface area contributed by atoms with Crippen molar-refractivity contribution in [2.45, 2.75) is 129 Å². The van der Waals surface area contributed by atoms with Crippen molar-refractivity contribution in [3.8, 4) is 11.4 Å². The highest BCUT2D eigenvalue weighted by Crippen LogP contribution is 2.47. The fourth-order valence-corrected chi connectivity index (χ4v) is 10.8. The van der Waals surface area contributed by atoms with E-state index in [0.717, 1.165) is 16.0 Å². The number of imide groups is 1. The summed E-state index contributed by atoms with van der Waals surface area (Å²) < 4.78 is 28.2. The van der Waals surface area contributed by atoms with Gasteiger partial charge in [-0.1, -0.05) is 43.7 Å². The first-order valence-corrected chi connectivity index (χ1v) is 26.2. The molecular weight excluding hydrogens is 996 g/mol. The van der Waals surface area contributed by atoms with Gasteiger partial charge in [-0.3, -0.25) is 48.1 Å². The largest absolute Gasteiger partial charge is 0.458 e. The number of fused-ring (bicyclic) bond motifs is 5. The molecule has 4 aromatic rings. The lowest BCUT2D eigenvalue weighted by Crippen LogP contribution is -2.44. The monoisotopic (exact) mass is 1060 g/mol. The van der Waals surface area contributed by atoms with E-state index in [1.165, 1.54) is 22.8 Å². The molecule has 4 aliphatic rings. The Bertz CT molecular complexity index is 3150. The number of aromatic nitrogens is 2. The Balaban J connectivity index is 0.832. The number of unbranched alkanes of at least 4 members (excludes halogenated alkanes) is 2. The normalized spacial score (nSPS) is 17.8. The summed E-state index contributed by atoms with van der Waals surface area (Å²) in [6, 6.07) is 11.4. The summed E-state index contributed by atoms with van der Waals surface area (Å²) in [7, 11) is 1.64. The van der Waals surface area contributed by atoms with Gasteiger partial charge in [-0.2, -0.15) is 0 Å². The van der Waals surface area contributed by atoms with Gasteiger partial charge in [0.15, 0.2) is 17.2 Å². The van der Waals surface area contributed by atoms with Gasteiger partial charge < -0.3 is 34.7 Å². The Labute approximate surface area is 443 Å². The molecule has 0 radical (unpaired) electrons. The number of nitrogens with one attached hydrogen (secondary N) is 2. The quantitative estimate of drug-likeness (QED) is 0.0420. The van der Waals surface area contributed by atoms with Crippen LogP contribution in [0.2, 0.25) is 0 Å². The van der Waals surface area contributed by atoms with Crippen LogP contribution >= 0.6 is 0 Å². The highest BCUT2D eigenvalue weighted by Gasteiger charge is 2.46. The maximum Gasteiger partial charge on any atom is 0.343 e. The Morgan fingerprint density at radius 2 is 1.64 bits per heavy atom. The third kappa shape index (κ3) is 11.9. The third-order valence-electron chi connectivity index (χ3n) is 15.2. The molecule has 20 heteroatoms. The zero-order valence-electron chi connectivity index (χ0n) is 43.7. The van der Waals surface area contributed by atoms with Gasteiger partial charge in [0.1, 0.15) is 24.3 Å². The first-order chi connectivity index (χ1) is 36.8. The number of aliphatic hydroxyl groups is 1. The second-order valence-corrected chi connectivity index (χ2v) is 20.3. The number of aryl methyl sites for hydroxylation is 1. The zero-order valence-corrected chi connectivity index (χ0v) is 43.7. The van der Waals surface area contributed by atoms with Crippen LogP contribution in [0.5, 0.6) is 0 Å². The summed E-state index contributed by atoms with van der Waals surface area (Å²) in [6.07, 6.45) is 3.80. The van der Waals surface area contributed by atoms with E-state index in [9.17, 15) is 53.1 Å². The maximum atomic E-state index is 15.5. The van der Waals surface area contributed by atoms with Crippen molar-refractivity contribution >= 4 is 63.8 Å². The summed E-state index contributed by atoms with van der Waals surface area (Å²) in [6.45, 7) is 4.02. The van der Waals surface area contributed by atoms with Crippen LogP contribution in [0, 0.1) is 18.7 Å². The van der Waals surface area contributed by atoms with Crippen molar-refractivity contribution in [2.24, 2.45) is 5.92 Å². The number of Topliss-reactive ketones (excluding diaryl/α,β-unsaturated/α-hetero) is 3. The van der Waals surface area contributed by atoms with E-state index in [1.807, 2.05) is 6.07 Å². The average Bonchev–Trinajstić information content (AvgIpc) is 4.03. The van der Waals surface area contributed by atoms with Crippen LogP contribution in [-0.4, -0.2) is 117 Å². The van der Waals surface area contributed by atoms with E-state index < -0.39 is 70.3 Å². The number of hydrogen-bond acceptors (Lipinski definition) is 14. The predicted octanol–water partition coefficient (Wildman–Crippen LogP) is 4.22. The maximum absolute atomic E-state index is 15.5. The molecule has 2 aromatic heterocycles. The molecule has 2 aromatic carbocycles. The second-order valence-electron chi connectivity index (χ2n) is 20.3. The van der Waals surface area contributed by atoms with Crippen molar-refractivity contribution < 1.29 is 62.1 Å². The molecule has 8 rings (SSSR count). The van der Waals surface area contributed by atoms with Gasteiger partial charge in [-0.25, -0.2) is 14.2 Å². The molecule has 0 saturated carbocycles. The number of benzene rings is 2. The van der Waals surface area contributed by atoms with Crippen LogP contribution < -0.4 is 16.2 Å². The van der Waals surface area contributed by atoms with Crippen LogP contribution in [0.25, 0.3) is 22.3 Å². The fourth-order valence-electron chi connectivity index (χ4n) is 10.8. The average molecular weight is 1060 g/mol. The van der Waals surface area contributed by atoms with Gasteiger partial charge >= 0.3 is 5.97 Å². The fraction of sp³-hybridized carbons (Fsp3) is 0.456. The lowest BCUT2D eigenvalue weighted by molar-refractivity contribution is -0.172. The van der Waals surface area contributed by atoms with E-state index in [1.54, 1.807) is 63.1 Å². The van der Waals surface area contributed by atoms with Crippen LogP contribution in [0.3, 0.4) is 0 Å². The summed E-state index contributed by atoms with van der Waals surface area (Å²) in [5.74, 6) is -5.29. The van der Waals surface area contributed by atoms with Gasteiger partial charge in [0, 0.05) is 86.3 Å². The molecule has 5 heterocycles. The minimum absolute atomic E-state index is 0.0204. The number of hydrogen-bond donors (Lipinski definition) is 3. The van der Waals surface area contributed by atoms with E-state index in [4.69, 9.17) is 14.5 Å². The summed E-state index contributed by atoms with van der Waals surface area (Å²) >= 11 is 0. The number of rotatable bonds is 25. The van der Waals surface area contributed by atoms with Gasteiger partial charge in [0.2, 0.25) is 11.8 Å². The van der Waals surface area contributed by atoms with E-state index in [-0.39, 0.29) is 113 Å². The molecule has 77 heavy (non-hydrogen) atoms. The van der Waals surface area contributed by atoms with Crippen LogP contribution in [0.4, 0.5) is 4.39 Å². The van der Waals surface area contributed by atoms with E-state index in [2.05, 4.69) is 10.6 Å². The molecule has 0 spiro atoms. The van der Waals surface area contributed by atoms with Crippen LogP contribution in [0.15, 0.2) is 59.4 Å². The number of cyclic esters (lactones) is 1. The number of ether oxygens (including phenoxy) is 2. The van der Waals surface area contributed by atoms with Crippen LogP contribution in [-0.2, 0) is 84.2 Å². The first kappa shape index (κ1) is 55.6. The second kappa shape index (κ2) is 23.8. The van der Waals surface area contributed by atoms with Crippen molar-refractivity contribution in [1.82, 2.24) is 30.0 Å². The topological polar surface area (TPSA) is 258 Å². The molecule has 406 valence electrons. The molecule has 5 amide bonds. The predicted molar refractivity (Wildman–Crippen MR) is 276 cm³/mol. The lowest BCUT2D eigenvalue weighted by atomic mass is 9.81. The number of halogens is 1. The molecule has 0 unspecified atom stereocenters. The number of esters is 1. The molecule has 3 aliphatic heterocycles. The highest BCUT2D eigenvalue weighted by molar-refractivity contribution is 6.12. The summed E-state index contributed by atoms with van der Waals surface area (Å²) in [5.41, 5.74) is 2.17. The van der Waals surface area contributed by atoms with Crippen LogP contribution in [0.1, 0.15) is 123 Å². The molecule has 0 bridgehead atoms. The number of pyridine rings is 2. The van der Waals surface area contributed by atoms with Gasteiger partial charge in [0.25, 0.3) is 23.3 Å². The number of carbonyl (C=O) groups excluding carboxylic acids is 9. The number of amides is 5. The van der Waals surface area contributed by atoms with Crippen molar-refractivity contribution in [3.05, 3.63) is 110 Å². The Kier molecular flexibility index (Phi) is 17.2. The minimum Gasteiger partial charge on any atom is -0.458 e. The minimum atomic E-state index is -2.05. The number of likely N-dealkylation sites (N-methyl/N-ethyl adjacent to an activating group) is 1. The number of nitrogens with zero attached hydrogens (tertiary/aromatic N) is 4. The first-order valence-electron chi connectivity index (χ1n) is 26.2. The summed E-state index contributed by atoms with van der Waals surface area (Å²) in [4.78, 5) is 137. The summed E-state index contributed by atoms with van der Waals surface area (Å²) in [5, 5.41) is 17.3. The van der Waals surface area contributed by atoms with E-state index >= 15 is 4.39 Å². The highest BCUT2D eigenvalue weighted by atomic mass is 19.1. The van der Waals surface area contributed by atoms with Crippen molar-refractivity contribution in [2.75, 3.05) is 33.3 Å². The van der Waals surface area contributed by atoms with Crippen molar-refractivity contribution in [1.29, 1.82) is 0 Å².